The van der Waals surface area contributed by atoms with Crippen LogP contribution in [0.4, 0.5) is 16.0 Å². The first-order valence-corrected chi connectivity index (χ1v) is 10.2. The zero-order valence-corrected chi connectivity index (χ0v) is 16.8. The number of nitrogens with one attached hydrogen (secondary N) is 1. The van der Waals surface area contributed by atoms with E-state index >= 15 is 0 Å². The Labute approximate surface area is 169 Å². The summed E-state index contributed by atoms with van der Waals surface area (Å²) in [4.78, 5) is 14.5. The Morgan fingerprint density at radius 3 is 2.76 bits per heavy atom. The van der Waals surface area contributed by atoms with Gasteiger partial charge in [0.2, 0.25) is 0 Å². The molecule has 1 saturated heterocycles. The zero-order valence-electron chi connectivity index (χ0n) is 16.8. The maximum absolute atomic E-state index is 13.8. The molecule has 4 heterocycles. The van der Waals surface area contributed by atoms with Gasteiger partial charge in [-0.05, 0) is 63.3 Å². The van der Waals surface area contributed by atoms with Crippen molar-refractivity contribution >= 4 is 39.2 Å². The standard InChI is InChI=1S/C22H25FN6/c1-3-24-21-19-14-15-13-16(23)5-7-18(15)29(19)22-17(25-21)6-8-20(26-22)28-10-4-9-27(2)11-12-28/h5-8,13-14H,3-4,9-12H2,1-2H3,(H,24,25). The third-order valence-electron chi connectivity index (χ3n) is 5.68. The van der Waals surface area contributed by atoms with Crippen molar-refractivity contribution in [1.29, 1.82) is 0 Å². The number of benzene rings is 1. The van der Waals surface area contributed by atoms with E-state index < -0.39 is 0 Å². The van der Waals surface area contributed by atoms with Crippen LogP contribution in [0, 0.1) is 5.82 Å². The van der Waals surface area contributed by atoms with Crippen LogP contribution in [0.15, 0.2) is 36.4 Å². The molecule has 0 saturated carbocycles. The fraction of sp³-hybridized carbons (Fsp3) is 0.364. The highest BCUT2D eigenvalue weighted by molar-refractivity contribution is 5.96. The quantitative estimate of drug-likeness (QED) is 0.575. The summed E-state index contributed by atoms with van der Waals surface area (Å²) in [7, 11) is 2.16. The Morgan fingerprint density at radius 1 is 1.00 bits per heavy atom. The van der Waals surface area contributed by atoms with Gasteiger partial charge in [-0.15, -0.1) is 0 Å². The average Bonchev–Trinajstić information content (AvgIpc) is 2.95. The number of halogens is 1. The van der Waals surface area contributed by atoms with Gasteiger partial charge in [-0.25, -0.2) is 14.4 Å². The number of fused-ring (bicyclic) bond motifs is 5. The molecule has 1 aliphatic heterocycles. The third-order valence-corrected chi connectivity index (χ3v) is 5.68. The monoisotopic (exact) mass is 392 g/mol. The number of rotatable bonds is 3. The van der Waals surface area contributed by atoms with Crippen molar-refractivity contribution in [2.75, 3.05) is 50.0 Å². The van der Waals surface area contributed by atoms with Crippen LogP contribution in [-0.4, -0.2) is 59.0 Å². The fourth-order valence-electron chi connectivity index (χ4n) is 4.20. The normalized spacial score (nSPS) is 16.0. The van der Waals surface area contributed by atoms with Crippen LogP contribution in [0.3, 0.4) is 0 Å². The number of likely N-dealkylation sites (N-methyl/N-ethyl adjacent to an activating group) is 1. The summed E-state index contributed by atoms with van der Waals surface area (Å²) >= 11 is 0. The molecule has 7 heteroatoms. The molecular formula is C22H25FN6. The van der Waals surface area contributed by atoms with Crippen molar-refractivity contribution < 1.29 is 4.39 Å². The Morgan fingerprint density at radius 2 is 1.90 bits per heavy atom. The lowest BCUT2D eigenvalue weighted by atomic mass is 10.2. The van der Waals surface area contributed by atoms with Gasteiger partial charge in [-0.1, -0.05) is 0 Å². The van der Waals surface area contributed by atoms with Gasteiger partial charge in [0.25, 0.3) is 0 Å². The average molecular weight is 392 g/mol. The van der Waals surface area contributed by atoms with Gasteiger partial charge in [0.05, 0.1) is 11.0 Å². The number of aromatic nitrogens is 3. The Kier molecular flexibility index (Phi) is 4.47. The van der Waals surface area contributed by atoms with Gasteiger partial charge in [0.1, 0.15) is 17.2 Å². The van der Waals surface area contributed by atoms with Crippen LogP contribution >= 0.6 is 0 Å². The molecule has 4 aromatic rings. The molecule has 0 amide bonds. The molecule has 0 aliphatic carbocycles. The van der Waals surface area contributed by atoms with Crippen molar-refractivity contribution in [3.05, 3.63) is 42.2 Å². The number of hydrogen-bond donors (Lipinski definition) is 1. The number of hydrogen-bond acceptors (Lipinski definition) is 5. The molecule has 6 nitrogen and oxygen atoms in total. The Hall–Kier alpha value is -2.93. The first-order valence-electron chi connectivity index (χ1n) is 10.2. The van der Waals surface area contributed by atoms with E-state index in [2.05, 4.69) is 32.6 Å². The van der Waals surface area contributed by atoms with Gasteiger partial charge < -0.3 is 15.1 Å². The van der Waals surface area contributed by atoms with E-state index in [0.717, 1.165) is 78.4 Å². The van der Waals surface area contributed by atoms with Crippen LogP contribution in [0.2, 0.25) is 0 Å². The van der Waals surface area contributed by atoms with E-state index in [9.17, 15) is 4.39 Å². The summed E-state index contributed by atoms with van der Waals surface area (Å²) in [5, 5.41) is 4.19. The van der Waals surface area contributed by atoms with Crippen LogP contribution < -0.4 is 10.2 Å². The Bertz CT molecular complexity index is 1200. The number of nitrogens with zero attached hydrogens (tertiary/aromatic N) is 5. The molecule has 1 fully saturated rings. The fourth-order valence-corrected chi connectivity index (χ4v) is 4.20. The zero-order chi connectivity index (χ0) is 20.0. The summed E-state index contributed by atoms with van der Waals surface area (Å²) in [6.07, 6.45) is 1.12. The van der Waals surface area contributed by atoms with Crippen molar-refractivity contribution in [2.45, 2.75) is 13.3 Å². The summed E-state index contributed by atoms with van der Waals surface area (Å²) in [5.41, 5.74) is 3.48. The van der Waals surface area contributed by atoms with E-state index in [1.165, 1.54) is 6.07 Å². The molecule has 1 N–H and O–H groups in total. The number of pyridine rings is 1. The molecule has 0 bridgehead atoms. The molecule has 0 atom stereocenters. The molecule has 3 aromatic heterocycles. The SMILES string of the molecule is CCNc1nc2ccc(N3CCCN(C)CC3)nc2n2c1cc1cc(F)ccc12. The van der Waals surface area contributed by atoms with Crippen molar-refractivity contribution in [2.24, 2.45) is 0 Å². The smallest absolute Gasteiger partial charge is 0.166 e. The van der Waals surface area contributed by atoms with E-state index in [4.69, 9.17) is 9.97 Å². The lowest BCUT2D eigenvalue weighted by Gasteiger charge is -2.22. The van der Waals surface area contributed by atoms with Gasteiger partial charge >= 0.3 is 0 Å². The second kappa shape index (κ2) is 7.15. The maximum atomic E-state index is 13.8. The van der Waals surface area contributed by atoms with E-state index in [1.807, 2.05) is 25.1 Å². The van der Waals surface area contributed by atoms with Crippen LogP contribution in [-0.2, 0) is 0 Å². The molecule has 0 radical (unpaired) electrons. The third kappa shape index (κ3) is 3.15. The van der Waals surface area contributed by atoms with E-state index in [1.54, 1.807) is 6.07 Å². The summed E-state index contributed by atoms with van der Waals surface area (Å²) in [6, 6.07) is 11.0. The largest absolute Gasteiger partial charge is 0.369 e. The molecule has 29 heavy (non-hydrogen) atoms. The van der Waals surface area contributed by atoms with E-state index in [0.29, 0.717) is 0 Å². The minimum Gasteiger partial charge on any atom is -0.369 e. The van der Waals surface area contributed by atoms with Crippen LogP contribution in [0.5, 0.6) is 0 Å². The second-order valence-electron chi connectivity index (χ2n) is 7.71. The predicted molar refractivity (Wildman–Crippen MR) is 116 cm³/mol. The van der Waals surface area contributed by atoms with Crippen molar-refractivity contribution in [1.82, 2.24) is 19.3 Å². The molecule has 0 unspecified atom stereocenters. The lowest BCUT2D eigenvalue weighted by Crippen LogP contribution is -2.29. The predicted octanol–water partition coefficient (Wildman–Crippen LogP) is 3.75. The summed E-state index contributed by atoms with van der Waals surface area (Å²) in [6.45, 7) is 6.89. The van der Waals surface area contributed by atoms with Gasteiger partial charge in [-0.3, -0.25) is 4.40 Å². The van der Waals surface area contributed by atoms with Crippen molar-refractivity contribution in [3.8, 4) is 0 Å². The number of anilines is 2. The second-order valence-corrected chi connectivity index (χ2v) is 7.71. The molecule has 1 aromatic carbocycles. The molecule has 1 aliphatic rings. The molecule has 0 spiro atoms. The first-order chi connectivity index (χ1) is 14.1. The molecular weight excluding hydrogens is 367 g/mol. The topological polar surface area (TPSA) is 48.7 Å². The minimum atomic E-state index is -0.238. The van der Waals surface area contributed by atoms with Crippen molar-refractivity contribution in [3.63, 3.8) is 0 Å². The maximum Gasteiger partial charge on any atom is 0.166 e. The van der Waals surface area contributed by atoms with Crippen LogP contribution in [0.25, 0.3) is 27.6 Å². The lowest BCUT2D eigenvalue weighted by molar-refractivity contribution is 0.360. The summed E-state index contributed by atoms with van der Waals surface area (Å²) in [5.74, 6) is 1.52. The van der Waals surface area contributed by atoms with E-state index in [-0.39, 0.29) is 5.82 Å². The molecule has 150 valence electrons. The van der Waals surface area contributed by atoms with Gasteiger partial charge in [0, 0.05) is 31.6 Å². The highest BCUT2D eigenvalue weighted by Gasteiger charge is 2.17. The highest BCUT2D eigenvalue weighted by atomic mass is 19.1. The Balaban J connectivity index is 1.74. The molecule has 5 rings (SSSR count). The van der Waals surface area contributed by atoms with Gasteiger partial charge in [-0.2, -0.15) is 0 Å². The van der Waals surface area contributed by atoms with Crippen LogP contribution in [0.1, 0.15) is 13.3 Å². The highest BCUT2D eigenvalue weighted by Crippen LogP contribution is 2.30. The van der Waals surface area contributed by atoms with Gasteiger partial charge in [0.15, 0.2) is 11.5 Å². The minimum absolute atomic E-state index is 0.238. The summed E-state index contributed by atoms with van der Waals surface area (Å²) < 4.78 is 15.9. The first kappa shape index (κ1) is 18.1.